The number of hydrogen-bond acceptors (Lipinski definition) is 5. The molecule has 5 nitrogen and oxygen atoms in total. The SMILES string of the molecule is CNc1ncnc(NCCC(C)S(C)=O)c1C. The van der Waals surface area contributed by atoms with Crippen molar-refractivity contribution in [2.24, 2.45) is 0 Å². The lowest BCUT2D eigenvalue weighted by Gasteiger charge is -2.12. The summed E-state index contributed by atoms with van der Waals surface area (Å²) < 4.78 is 11.2. The summed E-state index contributed by atoms with van der Waals surface area (Å²) >= 11 is 0. The van der Waals surface area contributed by atoms with Gasteiger partial charge in [-0.1, -0.05) is 6.92 Å². The number of hydrogen-bond donors (Lipinski definition) is 2. The minimum atomic E-state index is -0.765. The molecule has 2 atom stereocenters. The number of aromatic nitrogens is 2. The van der Waals surface area contributed by atoms with Gasteiger partial charge in [-0.25, -0.2) is 9.97 Å². The number of anilines is 2. The average Bonchev–Trinajstić information content (AvgIpc) is 2.31. The highest BCUT2D eigenvalue weighted by molar-refractivity contribution is 7.84. The lowest BCUT2D eigenvalue weighted by Crippen LogP contribution is -2.16. The van der Waals surface area contributed by atoms with Crippen molar-refractivity contribution >= 4 is 22.4 Å². The third-order valence-corrected chi connectivity index (χ3v) is 4.10. The van der Waals surface area contributed by atoms with Crippen LogP contribution in [-0.4, -0.2) is 39.3 Å². The highest BCUT2D eigenvalue weighted by atomic mass is 32.2. The van der Waals surface area contributed by atoms with E-state index in [0.717, 1.165) is 30.2 Å². The molecule has 17 heavy (non-hydrogen) atoms. The van der Waals surface area contributed by atoms with Crippen molar-refractivity contribution in [3.8, 4) is 0 Å². The lowest BCUT2D eigenvalue weighted by molar-refractivity contribution is 0.672. The van der Waals surface area contributed by atoms with Gasteiger partial charge >= 0.3 is 0 Å². The van der Waals surface area contributed by atoms with Gasteiger partial charge in [0.1, 0.15) is 18.0 Å². The van der Waals surface area contributed by atoms with Gasteiger partial charge < -0.3 is 10.6 Å². The Hall–Kier alpha value is -1.17. The topological polar surface area (TPSA) is 66.9 Å². The molecule has 2 N–H and O–H groups in total. The Bertz CT molecular complexity index is 397. The third kappa shape index (κ3) is 3.96. The van der Waals surface area contributed by atoms with Gasteiger partial charge in [-0.15, -0.1) is 0 Å². The molecule has 0 bridgehead atoms. The molecule has 0 spiro atoms. The fourth-order valence-corrected chi connectivity index (χ4v) is 1.89. The van der Waals surface area contributed by atoms with Gasteiger partial charge in [0.15, 0.2) is 0 Å². The largest absolute Gasteiger partial charge is 0.373 e. The summed E-state index contributed by atoms with van der Waals surface area (Å²) in [6.07, 6.45) is 4.13. The number of nitrogens with one attached hydrogen (secondary N) is 2. The normalized spacial score (nSPS) is 14.1. The average molecular weight is 256 g/mol. The van der Waals surface area contributed by atoms with Crippen LogP contribution in [-0.2, 0) is 10.8 Å². The van der Waals surface area contributed by atoms with Crippen LogP contribution in [0.5, 0.6) is 0 Å². The molecule has 0 aliphatic rings. The standard InChI is InChI=1S/C11H20N4OS/c1-8(17(4)16)5-6-13-11-9(2)10(12-3)14-7-15-11/h7-8H,5-6H2,1-4H3,(H2,12,13,14,15). The molecule has 0 aliphatic carbocycles. The molecule has 0 fully saturated rings. The van der Waals surface area contributed by atoms with E-state index in [9.17, 15) is 4.21 Å². The van der Waals surface area contributed by atoms with Gasteiger partial charge in [-0.2, -0.15) is 0 Å². The molecule has 1 aromatic rings. The number of nitrogens with zero attached hydrogens (tertiary/aromatic N) is 2. The first-order valence-electron chi connectivity index (χ1n) is 5.61. The molecule has 6 heteroatoms. The van der Waals surface area contributed by atoms with Crippen LogP contribution < -0.4 is 10.6 Å². The van der Waals surface area contributed by atoms with E-state index >= 15 is 0 Å². The van der Waals surface area contributed by atoms with Crippen LogP contribution in [0.25, 0.3) is 0 Å². The van der Waals surface area contributed by atoms with Crippen molar-refractivity contribution in [3.63, 3.8) is 0 Å². The molecular weight excluding hydrogens is 236 g/mol. The van der Waals surface area contributed by atoms with Gasteiger partial charge in [-0.05, 0) is 13.3 Å². The molecule has 0 saturated heterocycles. The Morgan fingerprint density at radius 1 is 1.41 bits per heavy atom. The van der Waals surface area contributed by atoms with Crippen LogP contribution in [0.2, 0.25) is 0 Å². The van der Waals surface area contributed by atoms with E-state index in [-0.39, 0.29) is 5.25 Å². The lowest BCUT2D eigenvalue weighted by atomic mass is 10.3. The minimum absolute atomic E-state index is 0.202. The Labute approximate surface area is 105 Å². The van der Waals surface area contributed by atoms with E-state index in [2.05, 4.69) is 20.6 Å². The van der Waals surface area contributed by atoms with Crippen molar-refractivity contribution in [2.45, 2.75) is 25.5 Å². The molecule has 1 aromatic heterocycles. The summed E-state index contributed by atoms with van der Waals surface area (Å²) in [5, 5.41) is 6.46. The maximum absolute atomic E-state index is 11.2. The quantitative estimate of drug-likeness (QED) is 0.805. The van der Waals surface area contributed by atoms with Crippen molar-refractivity contribution in [1.82, 2.24) is 9.97 Å². The Morgan fingerprint density at radius 2 is 2.06 bits per heavy atom. The molecule has 2 unspecified atom stereocenters. The smallest absolute Gasteiger partial charge is 0.134 e. The highest BCUT2D eigenvalue weighted by Crippen LogP contribution is 2.17. The van der Waals surface area contributed by atoms with Crippen molar-refractivity contribution < 1.29 is 4.21 Å². The van der Waals surface area contributed by atoms with Crippen LogP contribution in [0.1, 0.15) is 18.9 Å². The molecule has 0 aromatic carbocycles. The second kappa shape index (κ2) is 6.54. The first kappa shape index (κ1) is 13.9. The Morgan fingerprint density at radius 3 is 2.65 bits per heavy atom. The van der Waals surface area contributed by atoms with Gasteiger partial charge in [0.2, 0.25) is 0 Å². The minimum Gasteiger partial charge on any atom is -0.373 e. The number of rotatable bonds is 6. The summed E-state index contributed by atoms with van der Waals surface area (Å²) in [6, 6.07) is 0. The van der Waals surface area contributed by atoms with E-state index in [1.54, 1.807) is 6.26 Å². The van der Waals surface area contributed by atoms with E-state index in [0.29, 0.717) is 0 Å². The first-order valence-corrected chi connectivity index (χ1v) is 7.23. The third-order valence-electron chi connectivity index (χ3n) is 2.73. The fourth-order valence-electron chi connectivity index (χ4n) is 1.44. The van der Waals surface area contributed by atoms with E-state index in [1.165, 1.54) is 6.33 Å². The maximum atomic E-state index is 11.2. The van der Waals surface area contributed by atoms with Gasteiger partial charge in [0.25, 0.3) is 0 Å². The van der Waals surface area contributed by atoms with E-state index in [4.69, 9.17) is 0 Å². The predicted octanol–water partition coefficient (Wildman–Crippen LogP) is 1.40. The zero-order valence-electron chi connectivity index (χ0n) is 10.8. The molecule has 96 valence electrons. The van der Waals surface area contributed by atoms with Crippen molar-refractivity contribution in [1.29, 1.82) is 0 Å². The highest BCUT2D eigenvalue weighted by Gasteiger charge is 2.08. The Kier molecular flexibility index (Phi) is 5.34. The van der Waals surface area contributed by atoms with Crippen molar-refractivity contribution in [2.75, 3.05) is 30.5 Å². The summed E-state index contributed by atoms with van der Waals surface area (Å²) in [4.78, 5) is 8.31. The van der Waals surface area contributed by atoms with Crippen molar-refractivity contribution in [3.05, 3.63) is 11.9 Å². The fraction of sp³-hybridized carbons (Fsp3) is 0.636. The summed E-state index contributed by atoms with van der Waals surface area (Å²) in [7, 11) is 1.07. The maximum Gasteiger partial charge on any atom is 0.134 e. The monoisotopic (exact) mass is 256 g/mol. The second-order valence-electron chi connectivity index (χ2n) is 3.97. The Balaban J connectivity index is 2.55. The molecule has 0 aliphatic heterocycles. The van der Waals surface area contributed by atoms with E-state index in [1.807, 2.05) is 20.9 Å². The van der Waals surface area contributed by atoms with Gasteiger partial charge in [-0.3, -0.25) is 4.21 Å². The van der Waals surface area contributed by atoms with E-state index < -0.39 is 10.8 Å². The van der Waals surface area contributed by atoms with Crippen LogP contribution in [0.4, 0.5) is 11.6 Å². The predicted molar refractivity (Wildman–Crippen MR) is 73.0 cm³/mol. The molecule has 0 radical (unpaired) electrons. The summed E-state index contributed by atoms with van der Waals surface area (Å²) in [5.74, 6) is 1.66. The molecule has 0 amide bonds. The van der Waals surface area contributed by atoms with Crippen LogP contribution >= 0.6 is 0 Å². The van der Waals surface area contributed by atoms with Crippen LogP contribution in [0, 0.1) is 6.92 Å². The zero-order valence-corrected chi connectivity index (χ0v) is 11.6. The van der Waals surface area contributed by atoms with Gasteiger partial charge in [0.05, 0.1) is 0 Å². The van der Waals surface area contributed by atoms with Crippen LogP contribution in [0.3, 0.4) is 0 Å². The van der Waals surface area contributed by atoms with Crippen LogP contribution in [0.15, 0.2) is 6.33 Å². The molecule has 1 rings (SSSR count). The molecule has 1 heterocycles. The molecule has 0 saturated carbocycles. The van der Waals surface area contributed by atoms with Gasteiger partial charge in [0, 0.05) is 41.5 Å². The first-order chi connectivity index (χ1) is 8.06. The summed E-state index contributed by atoms with van der Waals surface area (Å²) in [5.41, 5.74) is 1.00. The molecular formula is C11H20N4OS. The summed E-state index contributed by atoms with van der Waals surface area (Å²) in [6.45, 7) is 4.72. The second-order valence-corrected chi connectivity index (χ2v) is 5.77. The zero-order chi connectivity index (χ0) is 12.8.